The van der Waals surface area contributed by atoms with Crippen LogP contribution < -0.4 is 20.3 Å². The molecule has 30 heavy (non-hydrogen) atoms. The van der Waals surface area contributed by atoms with Crippen LogP contribution in [-0.2, 0) is 6.54 Å². The van der Waals surface area contributed by atoms with Gasteiger partial charge in [0, 0.05) is 50.7 Å². The zero-order valence-corrected chi connectivity index (χ0v) is 19.9. The quantitative estimate of drug-likeness (QED) is 0.330. The van der Waals surface area contributed by atoms with Crippen molar-refractivity contribution in [3.05, 3.63) is 54.2 Å². The number of halogens is 1. The predicted octanol–water partition coefficient (Wildman–Crippen LogP) is 3.82. The molecule has 0 spiro atoms. The number of hydrogen-bond donors (Lipinski definition) is 2. The first-order valence-electron chi connectivity index (χ1n) is 10.6. The lowest BCUT2D eigenvalue weighted by Crippen LogP contribution is -2.48. The van der Waals surface area contributed by atoms with E-state index in [0.29, 0.717) is 18.5 Å². The van der Waals surface area contributed by atoms with E-state index in [1.54, 1.807) is 0 Å². The average molecular weight is 521 g/mol. The van der Waals surface area contributed by atoms with Crippen LogP contribution in [0.15, 0.2) is 53.7 Å². The molecule has 1 aliphatic heterocycles. The van der Waals surface area contributed by atoms with Gasteiger partial charge in [0.2, 0.25) is 5.88 Å². The number of aromatic nitrogens is 1. The molecule has 1 aliphatic carbocycles. The van der Waals surface area contributed by atoms with E-state index in [9.17, 15) is 0 Å². The van der Waals surface area contributed by atoms with Crippen molar-refractivity contribution >= 4 is 35.6 Å². The van der Waals surface area contributed by atoms with Gasteiger partial charge >= 0.3 is 0 Å². The van der Waals surface area contributed by atoms with Crippen molar-refractivity contribution in [2.24, 2.45) is 10.9 Å². The van der Waals surface area contributed by atoms with E-state index < -0.39 is 0 Å². The van der Waals surface area contributed by atoms with Crippen LogP contribution in [0.5, 0.6) is 5.88 Å². The molecule has 0 radical (unpaired) electrons. The first-order chi connectivity index (χ1) is 14.3. The highest BCUT2D eigenvalue weighted by molar-refractivity contribution is 14.0. The second kappa shape index (κ2) is 11.4. The zero-order chi connectivity index (χ0) is 19.9. The Kier molecular flexibility index (Phi) is 8.60. The van der Waals surface area contributed by atoms with Gasteiger partial charge in [-0.05, 0) is 55.4 Å². The fourth-order valence-corrected chi connectivity index (χ4v) is 3.62. The monoisotopic (exact) mass is 521 g/mol. The number of nitrogens with zero attached hydrogens (tertiary/aromatic N) is 3. The van der Waals surface area contributed by atoms with Crippen molar-refractivity contribution in [2.75, 3.05) is 31.6 Å². The minimum Gasteiger partial charge on any atom is -0.477 e. The van der Waals surface area contributed by atoms with Gasteiger partial charge in [0.1, 0.15) is 0 Å². The van der Waals surface area contributed by atoms with E-state index in [-0.39, 0.29) is 24.0 Å². The van der Waals surface area contributed by atoms with Gasteiger partial charge in [0.05, 0.1) is 6.61 Å². The highest BCUT2D eigenvalue weighted by Crippen LogP contribution is 2.29. The molecule has 2 heterocycles. The average Bonchev–Trinajstić information content (AvgIpc) is 3.61. The van der Waals surface area contributed by atoms with Crippen LogP contribution in [0.1, 0.15) is 31.2 Å². The van der Waals surface area contributed by atoms with Crippen molar-refractivity contribution in [1.82, 2.24) is 15.6 Å². The number of pyridine rings is 1. The zero-order valence-electron chi connectivity index (χ0n) is 17.6. The maximum atomic E-state index is 5.78. The largest absolute Gasteiger partial charge is 0.477 e. The lowest BCUT2D eigenvalue weighted by atomic mass is 10.0. The second-order valence-electron chi connectivity index (χ2n) is 7.92. The molecule has 2 aliphatic rings. The number of aliphatic imine (C=N–C) groups is 1. The Labute approximate surface area is 196 Å². The highest BCUT2D eigenvalue weighted by Gasteiger charge is 2.22. The molecule has 1 aromatic carbocycles. The lowest BCUT2D eigenvalue weighted by molar-refractivity contribution is 0.288. The molecule has 2 N–H and O–H groups in total. The molecule has 4 rings (SSSR count). The Hall–Kier alpha value is -2.03. The maximum Gasteiger partial charge on any atom is 0.213 e. The molecule has 162 valence electrons. The number of hydrogen-bond acceptors (Lipinski definition) is 4. The summed E-state index contributed by atoms with van der Waals surface area (Å²) in [7, 11) is 1.82. The third kappa shape index (κ3) is 6.75. The summed E-state index contributed by atoms with van der Waals surface area (Å²) in [6, 6.07) is 15.1. The Bertz CT molecular complexity index is 804. The maximum absolute atomic E-state index is 5.78. The molecule has 2 aromatic rings. The Morgan fingerprint density at radius 2 is 1.90 bits per heavy atom. The van der Waals surface area contributed by atoms with Crippen LogP contribution in [-0.4, -0.2) is 43.7 Å². The van der Waals surface area contributed by atoms with Crippen molar-refractivity contribution in [3.8, 4) is 5.88 Å². The summed E-state index contributed by atoms with van der Waals surface area (Å²) >= 11 is 0. The summed E-state index contributed by atoms with van der Waals surface area (Å²) in [6.45, 7) is 3.61. The number of rotatable bonds is 7. The number of ether oxygens (including phenoxy) is 1. The number of nitrogens with one attached hydrogen (secondary N) is 2. The number of para-hydroxylation sites is 1. The molecule has 1 saturated carbocycles. The first-order valence-corrected chi connectivity index (χ1v) is 10.6. The van der Waals surface area contributed by atoms with Gasteiger partial charge in [0.15, 0.2) is 5.96 Å². The minimum absolute atomic E-state index is 0. The molecule has 6 nitrogen and oxygen atoms in total. The number of piperidine rings is 1. The van der Waals surface area contributed by atoms with Gasteiger partial charge in [-0.3, -0.25) is 4.99 Å². The van der Waals surface area contributed by atoms with Crippen LogP contribution in [0.4, 0.5) is 5.69 Å². The fraction of sp³-hybridized carbons (Fsp3) is 0.478. The van der Waals surface area contributed by atoms with Crippen LogP contribution in [0, 0.1) is 5.92 Å². The van der Waals surface area contributed by atoms with Gasteiger partial charge < -0.3 is 20.3 Å². The third-order valence-electron chi connectivity index (χ3n) is 5.60. The molecule has 2 fully saturated rings. The number of benzene rings is 1. The topological polar surface area (TPSA) is 61.8 Å². The molecular formula is C23H32IN5O. The van der Waals surface area contributed by atoms with Gasteiger partial charge in [-0.1, -0.05) is 18.2 Å². The Morgan fingerprint density at radius 3 is 2.60 bits per heavy atom. The van der Waals surface area contributed by atoms with Crippen LogP contribution in [0.25, 0.3) is 0 Å². The van der Waals surface area contributed by atoms with Gasteiger partial charge in [-0.15, -0.1) is 24.0 Å². The van der Waals surface area contributed by atoms with E-state index >= 15 is 0 Å². The highest BCUT2D eigenvalue weighted by atomic mass is 127. The molecule has 1 aromatic heterocycles. The fourth-order valence-electron chi connectivity index (χ4n) is 3.62. The van der Waals surface area contributed by atoms with E-state index in [1.807, 2.05) is 25.4 Å². The molecular weight excluding hydrogens is 489 g/mol. The minimum atomic E-state index is 0. The predicted molar refractivity (Wildman–Crippen MR) is 133 cm³/mol. The third-order valence-corrected chi connectivity index (χ3v) is 5.60. The Morgan fingerprint density at radius 1 is 1.13 bits per heavy atom. The summed E-state index contributed by atoms with van der Waals surface area (Å²) in [6.07, 6.45) is 6.59. The molecule has 0 unspecified atom stereocenters. The summed E-state index contributed by atoms with van der Waals surface area (Å²) in [5.41, 5.74) is 2.46. The lowest BCUT2D eigenvalue weighted by Gasteiger charge is -2.34. The summed E-state index contributed by atoms with van der Waals surface area (Å²) in [4.78, 5) is 11.2. The Balaban J connectivity index is 0.00000256. The SMILES string of the molecule is CN=C(NCc1ccnc(OCC2CC2)c1)NC1CCN(c2ccccc2)CC1.I. The summed E-state index contributed by atoms with van der Waals surface area (Å²) in [5, 5.41) is 7.00. The molecule has 1 saturated heterocycles. The summed E-state index contributed by atoms with van der Waals surface area (Å²) in [5.74, 6) is 2.29. The van der Waals surface area contributed by atoms with Gasteiger partial charge in [0.25, 0.3) is 0 Å². The van der Waals surface area contributed by atoms with Crippen molar-refractivity contribution in [1.29, 1.82) is 0 Å². The first kappa shape index (κ1) is 22.7. The number of guanidine groups is 1. The molecule has 0 bridgehead atoms. The molecule has 7 heteroatoms. The molecule has 0 amide bonds. The van der Waals surface area contributed by atoms with Crippen molar-refractivity contribution < 1.29 is 4.74 Å². The van der Waals surface area contributed by atoms with E-state index in [0.717, 1.165) is 50.0 Å². The van der Waals surface area contributed by atoms with Gasteiger partial charge in [-0.25, -0.2) is 4.98 Å². The summed E-state index contributed by atoms with van der Waals surface area (Å²) < 4.78 is 5.78. The molecule has 0 atom stereocenters. The van der Waals surface area contributed by atoms with Crippen molar-refractivity contribution in [2.45, 2.75) is 38.3 Å². The van der Waals surface area contributed by atoms with Crippen LogP contribution in [0.2, 0.25) is 0 Å². The van der Waals surface area contributed by atoms with Crippen molar-refractivity contribution in [3.63, 3.8) is 0 Å². The standard InChI is InChI=1S/C23H31N5O.HI/c1-24-23(26-16-19-9-12-25-22(15-19)29-17-18-7-8-18)27-20-10-13-28(14-11-20)21-5-3-2-4-6-21;/h2-6,9,12,15,18,20H,7-8,10-11,13-14,16-17H2,1H3,(H2,24,26,27);1H. The van der Waals surface area contributed by atoms with Crippen LogP contribution in [0.3, 0.4) is 0 Å². The van der Waals surface area contributed by atoms with E-state index in [1.165, 1.54) is 18.5 Å². The van der Waals surface area contributed by atoms with E-state index in [4.69, 9.17) is 4.74 Å². The normalized spacial score (nSPS) is 17.2. The number of anilines is 1. The smallest absolute Gasteiger partial charge is 0.213 e. The van der Waals surface area contributed by atoms with E-state index in [2.05, 4.69) is 55.8 Å². The van der Waals surface area contributed by atoms with Crippen LogP contribution >= 0.6 is 24.0 Å². The van der Waals surface area contributed by atoms with Gasteiger partial charge in [-0.2, -0.15) is 0 Å². The second-order valence-corrected chi connectivity index (χ2v) is 7.92.